The van der Waals surface area contributed by atoms with Gasteiger partial charge in [0, 0.05) is 17.3 Å². The average molecular weight is 464 g/mol. The van der Waals surface area contributed by atoms with Gasteiger partial charge in [-0.2, -0.15) is 0 Å². The Morgan fingerprint density at radius 3 is 2.48 bits per heavy atom. The Hall–Kier alpha value is -2.80. The van der Waals surface area contributed by atoms with E-state index in [2.05, 4.69) is 11.4 Å². The first-order valence-electron chi connectivity index (χ1n) is 11.7. The van der Waals surface area contributed by atoms with E-state index in [9.17, 15) is 14.4 Å². The highest BCUT2D eigenvalue weighted by atomic mass is 32.2. The molecule has 0 unspecified atom stereocenters. The molecule has 1 atom stereocenters. The van der Waals surface area contributed by atoms with Crippen LogP contribution in [0.5, 0.6) is 0 Å². The molecule has 6 nitrogen and oxygen atoms in total. The van der Waals surface area contributed by atoms with E-state index in [0.29, 0.717) is 5.69 Å². The van der Waals surface area contributed by atoms with Crippen molar-refractivity contribution in [2.75, 3.05) is 22.1 Å². The number of carbonyl (C=O) groups is 3. The van der Waals surface area contributed by atoms with Crippen LogP contribution < -0.4 is 15.1 Å². The van der Waals surface area contributed by atoms with E-state index in [4.69, 9.17) is 0 Å². The molecule has 1 saturated heterocycles. The van der Waals surface area contributed by atoms with Gasteiger partial charge >= 0.3 is 0 Å². The summed E-state index contributed by atoms with van der Waals surface area (Å²) < 4.78 is 0. The number of hydrogen-bond acceptors (Lipinski definition) is 4. The maximum absolute atomic E-state index is 14.0. The van der Waals surface area contributed by atoms with Gasteiger partial charge in [-0.15, -0.1) is 11.8 Å². The van der Waals surface area contributed by atoms with Gasteiger partial charge in [-0.1, -0.05) is 43.5 Å². The number of nitrogens with one attached hydrogen (secondary N) is 1. The molecule has 1 saturated carbocycles. The molecule has 3 amide bonds. The molecule has 2 fully saturated rings. The predicted octanol–water partition coefficient (Wildman–Crippen LogP) is 4.03. The Morgan fingerprint density at radius 1 is 1.06 bits per heavy atom. The maximum atomic E-state index is 14.0. The lowest BCUT2D eigenvalue weighted by molar-refractivity contribution is -0.126. The van der Waals surface area contributed by atoms with Crippen LogP contribution in [0.2, 0.25) is 0 Å². The minimum absolute atomic E-state index is 0.0382. The van der Waals surface area contributed by atoms with E-state index in [1.165, 1.54) is 18.2 Å². The second kappa shape index (κ2) is 8.52. The topological polar surface area (TPSA) is 69.7 Å². The molecule has 2 aromatic rings. The van der Waals surface area contributed by atoms with Gasteiger partial charge in [0.1, 0.15) is 6.54 Å². The fraction of sp³-hybridized carbons (Fsp3) is 0.423. The number of aryl methyl sites for hydroxylation is 2. The smallest absolute Gasteiger partial charge is 0.269 e. The van der Waals surface area contributed by atoms with E-state index in [0.717, 1.165) is 48.1 Å². The normalized spacial score (nSPS) is 22.8. The van der Waals surface area contributed by atoms with Gasteiger partial charge in [-0.25, -0.2) is 0 Å². The highest BCUT2D eigenvalue weighted by Gasteiger charge is 2.61. The Morgan fingerprint density at radius 2 is 1.76 bits per heavy atom. The van der Waals surface area contributed by atoms with E-state index >= 15 is 0 Å². The van der Waals surface area contributed by atoms with Crippen LogP contribution in [0.1, 0.15) is 48.8 Å². The van der Waals surface area contributed by atoms with Crippen molar-refractivity contribution in [1.29, 1.82) is 0 Å². The molecule has 2 aliphatic heterocycles. The standard InChI is InChI=1S/C26H29N3O3S/c1-17-12-18(2)14-20(13-17)29-24(31)16-33-26(29)21-10-6-7-11-22(21)28(25(26)32)15-23(30)27-19-8-4-3-5-9-19/h6-7,10-14,19H,3-5,8-9,15-16H2,1-2H3,(H,27,30)/t26-/m0/s1. The summed E-state index contributed by atoms with van der Waals surface area (Å²) in [4.78, 5) is 42.2. The number of carbonyl (C=O) groups excluding carboxylic acids is 3. The van der Waals surface area contributed by atoms with Crippen LogP contribution in [0, 0.1) is 13.8 Å². The van der Waals surface area contributed by atoms with Gasteiger partial charge in [0.05, 0.1) is 11.4 Å². The highest BCUT2D eigenvalue weighted by Crippen LogP contribution is 2.55. The third-order valence-electron chi connectivity index (χ3n) is 6.80. The van der Waals surface area contributed by atoms with Gasteiger partial charge in [0.25, 0.3) is 5.91 Å². The Labute approximate surface area is 198 Å². The van der Waals surface area contributed by atoms with Crippen molar-refractivity contribution in [1.82, 2.24) is 5.32 Å². The van der Waals surface area contributed by atoms with Crippen molar-refractivity contribution in [3.63, 3.8) is 0 Å². The van der Waals surface area contributed by atoms with Crippen LogP contribution in [-0.4, -0.2) is 36.1 Å². The molecule has 2 aromatic carbocycles. The fourth-order valence-electron chi connectivity index (χ4n) is 5.46. The first-order valence-corrected chi connectivity index (χ1v) is 12.6. The zero-order chi connectivity index (χ0) is 23.2. The molecule has 7 heteroatoms. The summed E-state index contributed by atoms with van der Waals surface area (Å²) in [6.45, 7) is 3.94. The number of amides is 3. The van der Waals surface area contributed by atoms with Crippen LogP contribution in [0.3, 0.4) is 0 Å². The van der Waals surface area contributed by atoms with Crippen LogP contribution in [-0.2, 0) is 19.3 Å². The van der Waals surface area contributed by atoms with Crippen LogP contribution >= 0.6 is 11.8 Å². The summed E-state index contributed by atoms with van der Waals surface area (Å²) in [7, 11) is 0. The monoisotopic (exact) mass is 463 g/mol. The summed E-state index contributed by atoms with van der Waals surface area (Å²) >= 11 is 1.35. The summed E-state index contributed by atoms with van der Waals surface area (Å²) in [6.07, 6.45) is 5.45. The number of fused-ring (bicyclic) bond motifs is 2. The lowest BCUT2D eigenvalue weighted by Crippen LogP contribution is -2.52. The molecule has 1 aliphatic carbocycles. The van der Waals surface area contributed by atoms with Gasteiger partial charge in [-0.3, -0.25) is 24.2 Å². The lowest BCUT2D eigenvalue weighted by atomic mass is 9.95. The Balaban J connectivity index is 1.51. The number of thioether (sulfide) groups is 1. The second-order valence-electron chi connectivity index (χ2n) is 9.32. The predicted molar refractivity (Wildman–Crippen MR) is 131 cm³/mol. The zero-order valence-corrected chi connectivity index (χ0v) is 19.9. The number of anilines is 2. The number of nitrogens with zero attached hydrogens (tertiary/aromatic N) is 2. The Kier molecular flexibility index (Phi) is 5.69. The van der Waals surface area contributed by atoms with Crippen molar-refractivity contribution in [3.05, 3.63) is 59.2 Å². The molecule has 1 N–H and O–H groups in total. The number of para-hydroxylation sites is 1. The van der Waals surface area contributed by atoms with Gasteiger partial charge < -0.3 is 5.32 Å². The number of benzene rings is 2. The third kappa shape index (κ3) is 3.72. The fourth-order valence-corrected chi connectivity index (χ4v) is 6.82. The highest BCUT2D eigenvalue weighted by molar-refractivity contribution is 8.02. The van der Waals surface area contributed by atoms with E-state index in [1.807, 2.05) is 50.2 Å². The van der Waals surface area contributed by atoms with Gasteiger partial charge in [-0.05, 0) is 56.0 Å². The molecule has 33 heavy (non-hydrogen) atoms. The molecule has 5 rings (SSSR count). The number of rotatable bonds is 4. The first-order chi connectivity index (χ1) is 15.9. The molecule has 0 radical (unpaired) electrons. The Bertz CT molecular complexity index is 1110. The lowest BCUT2D eigenvalue weighted by Gasteiger charge is -2.33. The first kappa shape index (κ1) is 22.0. The molecule has 0 aromatic heterocycles. The van der Waals surface area contributed by atoms with Crippen molar-refractivity contribution >= 4 is 40.9 Å². The minimum Gasteiger partial charge on any atom is -0.352 e. The minimum atomic E-state index is -1.18. The van der Waals surface area contributed by atoms with Crippen molar-refractivity contribution in [2.45, 2.75) is 56.9 Å². The van der Waals surface area contributed by atoms with Gasteiger partial charge in [0.2, 0.25) is 16.7 Å². The van der Waals surface area contributed by atoms with Crippen molar-refractivity contribution in [3.8, 4) is 0 Å². The summed E-state index contributed by atoms with van der Waals surface area (Å²) in [5.41, 5.74) is 4.27. The average Bonchev–Trinajstić information content (AvgIpc) is 3.25. The third-order valence-corrected chi connectivity index (χ3v) is 8.19. The second-order valence-corrected chi connectivity index (χ2v) is 10.5. The van der Waals surface area contributed by atoms with Gasteiger partial charge in [0.15, 0.2) is 0 Å². The van der Waals surface area contributed by atoms with Crippen molar-refractivity contribution in [2.24, 2.45) is 0 Å². The molecular weight excluding hydrogens is 434 g/mol. The largest absolute Gasteiger partial charge is 0.352 e. The van der Waals surface area contributed by atoms with E-state index in [-0.39, 0.29) is 36.1 Å². The van der Waals surface area contributed by atoms with E-state index < -0.39 is 4.87 Å². The summed E-state index contributed by atoms with van der Waals surface area (Å²) in [5, 5.41) is 3.12. The number of hydrogen-bond donors (Lipinski definition) is 1. The molecular formula is C26H29N3O3S. The van der Waals surface area contributed by atoms with Crippen LogP contribution in [0.25, 0.3) is 0 Å². The van der Waals surface area contributed by atoms with Crippen LogP contribution in [0.4, 0.5) is 11.4 Å². The zero-order valence-electron chi connectivity index (χ0n) is 19.1. The molecule has 0 bridgehead atoms. The molecule has 3 aliphatic rings. The summed E-state index contributed by atoms with van der Waals surface area (Å²) in [5.74, 6) is -0.247. The van der Waals surface area contributed by atoms with Crippen molar-refractivity contribution < 1.29 is 14.4 Å². The van der Waals surface area contributed by atoms with E-state index in [1.54, 1.807) is 9.80 Å². The summed E-state index contributed by atoms with van der Waals surface area (Å²) in [6, 6.07) is 13.7. The molecule has 172 valence electrons. The molecule has 1 spiro atoms. The maximum Gasteiger partial charge on any atom is 0.269 e. The molecule has 2 heterocycles. The quantitative estimate of drug-likeness (QED) is 0.743. The SMILES string of the molecule is Cc1cc(C)cc(N2C(=O)CS[C@@]23C(=O)N(CC(=O)NC2CCCCC2)c2ccccc23)c1. The van der Waals surface area contributed by atoms with Crippen LogP contribution in [0.15, 0.2) is 42.5 Å².